The number of aliphatic carboxylic acids is 1. The minimum absolute atomic E-state index is 0. The van der Waals surface area contributed by atoms with Gasteiger partial charge in [0.15, 0.2) is 0 Å². The Labute approximate surface area is 146 Å². The van der Waals surface area contributed by atoms with Gasteiger partial charge in [0.25, 0.3) is 0 Å². The minimum atomic E-state index is -5.62. The van der Waals surface area contributed by atoms with E-state index in [4.69, 9.17) is 41.3 Å². The van der Waals surface area contributed by atoms with E-state index in [1.54, 1.807) is 0 Å². The van der Waals surface area contributed by atoms with E-state index < -0.39 is 31.9 Å². The first-order chi connectivity index (χ1) is 5.73. The molecule has 0 N–H and O–H groups in total. The van der Waals surface area contributed by atoms with Crippen molar-refractivity contribution >= 4 is 5.97 Å². The number of carboxylic acids is 1. The summed E-state index contributed by atoms with van der Waals surface area (Å²) in [6, 6.07) is 0. The summed E-state index contributed by atoms with van der Waals surface area (Å²) in [5.41, 5.74) is 0. The molecule has 16 heavy (non-hydrogen) atoms. The van der Waals surface area contributed by atoms with E-state index in [-0.39, 0.29) is 68.2 Å². The topological polar surface area (TPSA) is 189 Å². The van der Waals surface area contributed by atoms with Crippen molar-refractivity contribution in [2.45, 2.75) is 6.92 Å². The average molecular weight is 395 g/mol. The van der Waals surface area contributed by atoms with Gasteiger partial charge in [-0.05, 0) is 6.92 Å². The Morgan fingerprint density at radius 3 is 0.875 bits per heavy atom. The van der Waals surface area contributed by atoms with E-state index in [2.05, 4.69) is 0 Å². The second-order valence-corrected chi connectivity index (χ2v) is 3.61. The fourth-order valence-electron chi connectivity index (χ4n) is 0. The second kappa shape index (κ2) is 14.4. The van der Waals surface area contributed by atoms with Gasteiger partial charge in [-0.25, -0.2) is 0 Å². The summed E-state index contributed by atoms with van der Waals surface area (Å²) in [6.45, 7) is 0.972. The van der Waals surface area contributed by atoms with Crippen molar-refractivity contribution in [1.29, 1.82) is 0 Å². The molecule has 95 valence electrons. The molecule has 0 spiro atoms. The molecule has 0 saturated heterocycles. The molecule has 0 atom stereocenters. The molecule has 0 bridgehead atoms. The van der Waals surface area contributed by atoms with E-state index in [1.165, 1.54) is 0 Å². The Kier molecular flexibility index (Phi) is 27.4. The first-order valence-electron chi connectivity index (χ1n) is 2.14. The van der Waals surface area contributed by atoms with Crippen LogP contribution in [0.5, 0.6) is 0 Å². The van der Waals surface area contributed by atoms with E-state index in [9.17, 15) is 0 Å². The van der Waals surface area contributed by atoms with Crippen LogP contribution in [-0.2, 0) is 70.5 Å². The fraction of sp³-hybridized carbons (Fsp3) is 0.500. The Bertz CT molecular complexity index is 386. The van der Waals surface area contributed by atoms with Crippen molar-refractivity contribution in [2.75, 3.05) is 0 Å². The number of rotatable bonds is 0. The molecule has 0 aliphatic carbocycles. The first-order valence-corrected chi connectivity index (χ1v) is 6.00. The number of hydrogen-bond acceptors (Lipinski definition) is 10. The number of carbonyl (C=O) groups is 1. The zero-order valence-electron chi connectivity index (χ0n) is 7.67. The molecular weight excluding hydrogens is 392 g/mol. The summed E-state index contributed by atoms with van der Waals surface area (Å²) in [6.07, 6.45) is 0. The predicted octanol–water partition coefficient (Wildman–Crippen LogP) is -7.34. The molecule has 0 aromatic rings. The van der Waals surface area contributed by atoms with Crippen LogP contribution in [0.2, 0.25) is 0 Å². The van der Waals surface area contributed by atoms with Crippen LogP contribution in [0.3, 0.4) is 0 Å². The molecular formula is C2H3CoKMn2O10. The molecule has 14 heteroatoms. The van der Waals surface area contributed by atoms with Gasteiger partial charge in [0.2, 0.25) is 0 Å². The summed E-state index contributed by atoms with van der Waals surface area (Å²) >= 11 is -11.2. The quantitative estimate of drug-likeness (QED) is 0.356. The van der Waals surface area contributed by atoms with Gasteiger partial charge < -0.3 is 9.90 Å². The molecule has 0 amide bonds. The molecule has 0 unspecified atom stereocenters. The zero-order chi connectivity index (χ0) is 12.6. The SMILES string of the molecule is CC(=O)[O-].[Co+2].[K+].[O]=[Mn](=[O])(=[O])[O-].[O]=[Mn](=[O])(=[O])[O-]. The summed E-state index contributed by atoms with van der Waals surface area (Å²) < 4.78 is 68.6. The summed E-state index contributed by atoms with van der Waals surface area (Å²) in [5, 5.41) is 8.89. The Hall–Kier alpha value is 1.37. The van der Waals surface area contributed by atoms with E-state index >= 15 is 0 Å². The van der Waals surface area contributed by atoms with Gasteiger partial charge >= 0.3 is 125 Å². The van der Waals surface area contributed by atoms with Crippen LogP contribution in [0.1, 0.15) is 6.92 Å². The van der Waals surface area contributed by atoms with Crippen LogP contribution in [0.25, 0.3) is 0 Å². The molecule has 0 aromatic heterocycles. The van der Waals surface area contributed by atoms with Crippen LogP contribution in [-0.4, -0.2) is 5.97 Å². The van der Waals surface area contributed by atoms with E-state index in [0.717, 1.165) is 6.92 Å². The van der Waals surface area contributed by atoms with Gasteiger partial charge in [0.1, 0.15) is 0 Å². The molecule has 0 aromatic carbocycles. The molecule has 0 aliphatic heterocycles. The van der Waals surface area contributed by atoms with Crippen LogP contribution < -0.4 is 64.9 Å². The number of carbonyl (C=O) groups excluding carboxylic acids is 1. The monoisotopic (exact) mass is 395 g/mol. The van der Waals surface area contributed by atoms with Gasteiger partial charge in [0.05, 0.1) is 0 Å². The van der Waals surface area contributed by atoms with Crippen LogP contribution in [0, 0.1) is 0 Å². The Morgan fingerprint density at radius 2 is 0.875 bits per heavy atom. The molecule has 0 fully saturated rings. The Morgan fingerprint density at radius 1 is 0.875 bits per heavy atom. The molecule has 10 nitrogen and oxygen atoms in total. The number of carboxylic acid groups (broad SMARTS) is 1. The van der Waals surface area contributed by atoms with Crippen molar-refractivity contribution < 1.29 is 135 Å². The number of hydrogen-bond donors (Lipinski definition) is 0. The average Bonchev–Trinajstić information content (AvgIpc) is 1.45. The van der Waals surface area contributed by atoms with Gasteiger partial charge in [0, 0.05) is 5.97 Å². The second-order valence-electron chi connectivity index (χ2n) is 1.25. The third-order valence-corrected chi connectivity index (χ3v) is 0. The van der Waals surface area contributed by atoms with Crippen molar-refractivity contribution in [1.82, 2.24) is 0 Å². The standard InChI is InChI=1S/C2H4O2.Co.K.2Mn.8O/c1-2(3)4;;;;;;;;;;;;/h1H3,(H,3,4);;;;;;;;;;;;/q;+2;+1;;;;;;;;;2*-1/p-1. The third-order valence-electron chi connectivity index (χ3n) is 0. The third kappa shape index (κ3) is 1690. The van der Waals surface area contributed by atoms with Crippen molar-refractivity contribution in [2.24, 2.45) is 0 Å². The van der Waals surface area contributed by atoms with E-state index in [1.807, 2.05) is 0 Å². The molecule has 0 rings (SSSR count). The maximum atomic E-state index is 8.89. The summed E-state index contributed by atoms with van der Waals surface area (Å²) in [5.74, 6) is -1.08. The molecule has 1 radical (unpaired) electrons. The van der Waals surface area contributed by atoms with Crippen LogP contribution in [0.4, 0.5) is 0 Å². The predicted molar refractivity (Wildman–Crippen MR) is 14.8 cm³/mol. The van der Waals surface area contributed by atoms with Crippen molar-refractivity contribution in [3.05, 3.63) is 0 Å². The molecule has 0 aliphatic rings. The van der Waals surface area contributed by atoms with Gasteiger partial charge in [-0.3, -0.25) is 0 Å². The normalized spacial score (nSPS) is 8.69. The molecule has 0 saturated carbocycles. The van der Waals surface area contributed by atoms with Gasteiger partial charge in [-0.2, -0.15) is 0 Å². The van der Waals surface area contributed by atoms with Crippen molar-refractivity contribution in [3.63, 3.8) is 0 Å². The van der Waals surface area contributed by atoms with E-state index in [0.29, 0.717) is 0 Å². The maximum absolute atomic E-state index is 8.89. The Balaban J connectivity index is -0.0000000358. The van der Waals surface area contributed by atoms with Gasteiger partial charge in [-0.15, -0.1) is 0 Å². The van der Waals surface area contributed by atoms with Crippen LogP contribution >= 0.6 is 0 Å². The van der Waals surface area contributed by atoms with Crippen LogP contribution in [0.15, 0.2) is 0 Å². The molecule has 0 heterocycles. The zero-order valence-corrected chi connectivity index (χ0v) is 14.2. The van der Waals surface area contributed by atoms with Crippen molar-refractivity contribution in [3.8, 4) is 0 Å². The van der Waals surface area contributed by atoms with Gasteiger partial charge in [-0.1, -0.05) is 0 Å². The summed E-state index contributed by atoms with van der Waals surface area (Å²) in [4.78, 5) is 8.89. The fourth-order valence-corrected chi connectivity index (χ4v) is 0. The summed E-state index contributed by atoms with van der Waals surface area (Å²) in [7, 11) is 0. The first kappa shape index (κ1) is 30.4.